The number of hydrogen-bond acceptors (Lipinski definition) is 0. The zero-order chi connectivity index (χ0) is 33.0. The van der Waals surface area contributed by atoms with Crippen molar-refractivity contribution in [3.05, 3.63) is 194 Å². The van der Waals surface area contributed by atoms with Crippen LogP contribution in [0.5, 0.6) is 0 Å². The molecule has 0 N–H and O–H groups in total. The van der Waals surface area contributed by atoms with Crippen molar-refractivity contribution in [2.24, 2.45) is 0 Å². The molecule has 0 saturated heterocycles. The highest BCUT2D eigenvalue weighted by molar-refractivity contribution is 6.12. The standard InChI is InChI=1S/C48H32N2/c1-4-12-33(13-5-1)38-24-27-42-44-31-37(26-29-47(44)50(48(42)32-38)40-16-8-3-9-17-40)35-22-20-34(21-23-35)36-25-28-46-43(30-36)41-18-10-11-19-45(41)49(46)39-14-6-2-7-15-39/h1-32H. The van der Waals surface area contributed by atoms with Crippen LogP contribution in [0.4, 0.5) is 0 Å². The van der Waals surface area contributed by atoms with Crippen LogP contribution in [-0.2, 0) is 0 Å². The summed E-state index contributed by atoms with van der Waals surface area (Å²) >= 11 is 0. The molecular formula is C48H32N2. The fourth-order valence-electron chi connectivity index (χ4n) is 7.73. The Hall–Kier alpha value is -6.64. The average molecular weight is 637 g/mol. The van der Waals surface area contributed by atoms with Crippen LogP contribution in [0.15, 0.2) is 194 Å². The summed E-state index contributed by atoms with van der Waals surface area (Å²) in [5, 5.41) is 5.04. The van der Waals surface area contributed by atoms with Crippen LogP contribution in [0.1, 0.15) is 0 Å². The van der Waals surface area contributed by atoms with Gasteiger partial charge in [-0.2, -0.15) is 0 Å². The van der Waals surface area contributed by atoms with Gasteiger partial charge >= 0.3 is 0 Å². The molecule has 0 unspecified atom stereocenters. The first-order chi connectivity index (χ1) is 24.8. The van der Waals surface area contributed by atoms with Crippen LogP contribution in [0.2, 0.25) is 0 Å². The van der Waals surface area contributed by atoms with Gasteiger partial charge in [0, 0.05) is 32.9 Å². The lowest BCUT2D eigenvalue weighted by atomic mass is 9.98. The second-order valence-corrected chi connectivity index (χ2v) is 13.0. The molecule has 0 bridgehead atoms. The van der Waals surface area contributed by atoms with E-state index < -0.39 is 0 Å². The smallest absolute Gasteiger partial charge is 0.0547 e. The summed E-state index contributed by atoms with van der Waals surface area (Å²) in [6.07, 6.45) is 0. The first-order valence-corrected chi connectivity index (χ1v) is 17.2. The minimum atomic E-state index is 1.17. The maximum absolute atomic E-state index is 2.40. The Bertz CT molecular complexity index is 2820. The predicted octanol–water partition coefficient (Wildman–Crippen LogP) is 12.9. The molecule has 0 radical (unpaired) electrons. The molecule has 0 spiro atoms. The number of hydrogen-bond donors (Lipinski definition) is 0. The van der Waals surface area contributed by atoms with Crippen molar-refractivity contribution >= 4 is 43.6 Å². The lowest BCUT2D eigenvalue weighted by Gasteiger charge is -2.10. The molecule has 2 aromatic heterocycles. The largest absolute Gasteiger partial charge is 0.309 e. The Balaban J connectivity index is 1.06. The van der Waals surface area contributed by atoms with Crippen LogP contribution in [0.3, 0.4) is 0 Å². The fraction of sp³-hybridized carbons (Fsp3) is 0. The van der Waals surface area contributed by atoms with Crippen molar-refractivity contribution in [3.8, 4) is 44.8 Å². The highest BCUT2D eigenvalue weighted by Gasteiger charge is 2.16. The second-order valence-electron chi connectivity index (χ2n) is 13.0. The quantitative estimate of drug-likeness (QED) is 0.178. The van der Waals surface area contributed by atoms with Gasteiger partial charge < -0.3 is 9.13 Å². The molecule has 0 aliphatic carbocycles. The monoisotopic (exact) mass is 636 g/mol. The molecular weight excluding hydrogens is 605 g/mol. The Labute approximate surface area is 290 Å². The molecule has 0 saturated carbocycles. The predicted molar refractivity (Wildman–Crippen MR) is 211 cm³/mol. The molecule has 2 nitrogen and oxygen atoms in total. The van der Waals surface area contributed by atoms with E-state index in [1.54, 1.807) is 0 Å². The third-order valence-electron chi connectivity index (χ3n) is 10.1. The van der Waals surface area contributed by atoms with E-state index in [-0.39, 0.29) is 0 Å². The van der Waals surface area contributed by atoms with E-state index in [4.69, 9.17) is 0 Å². The van der Waals surface area contributed by atoms with Crippen LogP contribution in [-0.4, -0.2) is 9.13 Å². The Morgan fingerprint density at radius 2 is 0.600 bits per heavy atom. The molecule has 0 aliphatic heterocycles. The van der Waals surface area contributed by atoms with E-state index >= 15 is 0 Å². The molecule has 10 aromatic rings. The minimum Gasteiger partial charge on any atom is -0.309 e. The van der Waals surface area contributed by atoms with Crippen LogP contribution in [0, 0.1) is 0 Å². The Kier molecular flexibility index (Phi) is 6.53. The molecule has 2 heteroatoms. The summed E-state index contributed by atoms with van der Waals surface area (Å²) in [6.45, 7) is 0. The van der Waals surface area contributed by atoms with Gasteiger partial charge in [-0.25, -0.2) is 0 Å². The summed E-state index contributed by atoms with van der Waals surface area (Å²) in [5.74, 6) is 0. The number of nitrogens with zero attached hydrogens (tertiary/aromatic N) is 2. The number of para-hydroxylation sites is 3. The van der Waals surface area contributed by atoms with E-state index in [0.29, 0.717) is 0 Å². The van der Waals surface area contributed by atoms with Gasteiger partial charge in [0.1, 0.15) is 0 Å². The van der Waals surface area contributed by atoms with Crippen LogP contribution < -0.4 is 0 Å². The molecule has 0 atom stereocenters. The average Bonchev–Trinajstić information content (AvgIpc) is 3.70. The summed E-state index contributed by atoms with van der Waals surface area (Å²) in [5.41, 5.74) is 14.5. The van der Waals surface area contributed by atoms with E-state index in [2.05, 4.69) is 203 Å². The lowest BCUT2D eigenvalue weighted by molar-refractivity contribution is 1.18. The fourth-order valence-corrected chi connectivity index (χ4v) is 7.73. The van der Waals surface area contributed by atoms with Crippen molar-refractivity contribution in [2.45, 2.75) is 0 Å². The maximum atomic E-state index is 2.40. The van der Waals surface area contributed by atoms with E-state index in [0.717, 1.165) is 0 Å². The maximum Gasteiger partial charge on any atom is 0.0547 e. The molecule has 234 valence electrons. The zero-order valence-electron chi connectivity index (χ0n) is 27.4. The summed E-state index contributed by atoms with van der Waals surface area (Å²) in [7, 11) is 0. The number of benzene rings is 8. The van der Waals surface area contributed by atoms with E-state index in [9.17, 15) is 0 Å². The van der Waals surface area contributed by atoms with Crippen LogP contribution >= 0.6 is 0 Å². The topological polar surface area (TPSA) is 9.86 Å². The van der Waals surface area contributed by atoms with Crippen molar-refractivity contribution in [3.63, 3.8) is 0 Å². The van der Waals surface area contributed by atoms with Gasteiger partial charge in [0.2, 0.25) is 0 Å². The molecule has 8 aromatic carbocycles. The van der Waals surface area contributed by atoms with E-state index in [1.165, 1.54) is 88.4 Å². The normalized spacial score (nSPS) is 11.6. The highest BCUT2D eigenvalue weighted by atomic mass is 15.0. The van der Waals surface area contributed by atoms with Gasteiger partial charge in [0.15, 0.2) is 0 Å². The van der Waals surface area contributed by atoms with Crippen LogP contribution in [0.25, 0.3) is 88.4 Å². The molecule has 2 heterocycles. The lowest BCUT2D eigenvalue weighted by Crippen LogP contribution is -1.93. The SMILES string of the molecule is c1ccc(-c2ccc3c4cc(-c5ccc(-c6ccc7c(c6)c6ccccc6n7-c6ccccc6)cc5)ccc4n(-c4ccccc4)c3c2)cc1. The molecule has 50 heavy (non-hydrogen) atoms. The summed E-state index contributed by atoms with van der Waals surface area (Å²) < 4.78 is 4.76. The molecule has 10 rings (SSSR count). The Morgan fingerprint density at radius 1 is 0.220 bits per heavy atom. The first-order valence-electron chi connectivity index (χ1n) is 17.2. The first kappa shape index (κ1) is 28.4. The van der Waals surface area contributed by atoms with Gasteiger partial charge in [-0.05, 0) is 94.0 Å². The van der Waals surface area contributed by atoms with Crippen molar-refractivity contribution < 1.29 is 0 Å². The van der Waals surface area contributed by atoms with Gasteiger partial charge in [-0.15, -0.1) is 0 Å². The third-order valence-corrected chi connectivity index (χ3v) is 10.1. The zero-order valence-corrected chi connectivity index (χ0v) is 27.4. The van der Waals surface area contributed by atoms with Gasteiger partial charge in [0.05, 0.1) is 22.1 Å². The minimum absolute atomic E-state index is 1.17. The molecule has 0 aliphatic rings. The number of aromatic nitrogens is 2. The summed E-state index contributed by atoms with van der Waals surface area (Å²) in [4.78, 5) is 0. The van der Waals surface area contributed by atoms with Crippen molar-refractivity contribution in [1.82, 2.24) is 9.13 Å². The molecule has 0 fully saturated rings. The van der Waals surface area contributed by atoms with Crippen molar-refractivity contribution in [2.75, 3.05) is 0 Å². The van der Waals surface area contributed by atoms with E-state index in [1.807, 2.05) is 0 Å². The highest BCUT2D eigenvalue weighted by Crippen LogP contribution is 2.38. The van der Waals surface area contributed by atoms with Crippen molar-refractivity contribution in [1.29, 1.82) is 0 Å². The third kappa shape index (κ3) is 4.57. The van der Waals surface area contributed by atoms with Gasteiger partial charge in [-0.1, -0.05) is 133 Å². The Morgan fingerprint density at radius 3 is 1.18 bits per heavy atom. The van der Waals surface area contributed by atoms with Gasteiger partial charge in [-0.3, -0.25) is 0 Å². The summed E-state index contributed by atoms with van der Waals surface area (Å²) in [6, 6.07) is 70.4. The van der Waals surface area contributed by atoms with Gasteiger partial charge in [0.25, 0.3) is 0 Å². The molecule has 0 amide bonds. The number of fused-ring (bicyclic) bond motifs is 6. The second kappa shape index (κ2) is 11.5. The number of rotatable bonds is 5.